The first-order valence-electron chi connectivity index (χ1n) is 10.1. The van der Waals surface area contributed by atoms with Gasteiger partial charge in [0.25, 0.3) is 0 Å². The summed E-state index contributed by atoms with van der Waals surface area (Å²) in [5.41, 5.74) is 0.666. The predicted molar refractivity (Wildman–Crippen MR) is 105 cm³/mol. The molecule has 1 heterocycles. The highest BCUT2D eigenvalue weighted by Crippen LogP contribution is 2.34. The third kappa shape index (κ3) is 5.11. The molecule has 0 aromatic heterocycles. The molecule has 1 aliphatic heterocycles. The summed E-state index contributed by atoms with van der Waals surface area (Å²) in [4.78, 5) is 0. The molecule has 2 aromatic rings. The van der Waals surface area contributed by atoms with Gasteiger partial charge in [-0.25, -0.2) is 8.78 Å². The van der Waals surface area contributed by atoms with E-state index in [1.165, 1.54) is 31.4 Å². The molecule has 0 spiro atoms. The van der Waals surface area contributed by atoms with E-state index in [1.54, 1.807) is 6.07 Å². The molecule has 1 aliphatic rings. The molecular formula is C23H27F3O3. The summed E-state index contributed by atoms with van der Waals surface area (Å²) in [6.45, 7) is 3.28. The first-order chi connectivity index (χ1) is 14.0. The minimum absolute atomic E-state index is 0.0154. The molecule has 0 radical (unpaired) electrons. The van der Waals surface area contributed by atoms with Crippen molar-refractivity contribution < 1.29 is 27.4 Å². The largest absolute Gasteiger partial charge is 0.494 e. The lowest BCUT2D eigenvalue weighted by molar-refractivity contribution is -0.167. The van der Waals surface area contributed by atoms with Crippen molar-refractivity contribution in [2.45, 2.75) is 51.2 Å². The smallest absolute Gasteiger partial charge is 0.201 e. The van der Waals surface area contributed by atoms with E-state index >= 15 is 0 Å². The van der Waals surface area contributed by atoms with Gasteiger partial charge in [0, 0.05) is 23.7 Å². The van der Waals surface area contributed by atoms with Crippen LogP contribution in [0, 0.1) is 17.5 Å². The van der Waals surface area contributed by atoms with Crippen molar-refractivity contribution >= 4 is 0 Å². The quantitative estimate of drug-likeness (QED) is 0.486. The second-order valence-corrected chi connectivity index (χ2v) is 7.30. The van der Waals surface area contributed by atoms with Gasteiger partial charge in [-0.15, -0.1) is 0 Å². The third-order valence-electron chi connectivity index (χ3n) is 5.31. The molecule has 2 aromatic carbocycles. The van der Waals surface area contributed by atoms with Crippen molar-refractivity contribution in [1.82, 2.24) is 0 Å². The van der Waals surface area contributed by atoms with E-state index in [1.807, 2.05) is 0 Å². The van der Waals surface area contributed by atoms with E-state index < -0.39 is 17.5 Å². The van der Waals surface area contributed by atoms with Gasteiger partial charge >= 0.3 is 0 Å². The highest BCUT2D eigenvalue weighted by atomic mass is 19.2. The van der Waals surface area contributed by atoms with Crippen LogP contribution in [-0.2, 0) is 9.47 Å². The first kappa shape index (κ1) is 21.7. The molecule has 3 nitrogen and oxygen atoms in total. The lowest BCUT2D eigenvalue weighted by Crippen LogP contribution is -2.27. The number of benzene rings is 2. The first-order valence-corrected chi connectivity index (χ1v) is 10.1. The fourth-order valence-electron chi connectivity index (χ4n) is 3.59. The number of hydrogen-bond acceptors (Lipinski definition) is 3. The average Bonchev–Trinajstić information content (AvgIpc) is 2.74. The van der Waals surface area contributed by atoms with Crippen molar-refractivity contribution in [3.63, 3.8) is 0 Å². The van der Waals surface area contributed by atoms with Crippen molar-refractivity contribution in [2.75, 3.05) is 20.3 Å². The maximum atomic E-state index is 14.7. The maximum absolute atomic E-state index is 14.7. The van der Waals surface area contributed by atoms with Gasteiger partial charge in [-0.05, 0) is 43.0 Å². The molecule has 2 atom stereocenters. The lowest BCUT2D eigenvalue weighted by Gasteiger charge is -2.29. The molecule has 0 amide bonds. The summed E-state index contributed by atoms with van der Waals surface area (Å²) in [6, 6.07) is 7.22. The molecule has 0 aliphatic carbocycles. The highest BCUT2D eigenvalue weighted by molar-refractivity contribution is 5.66. The van der Waals surface area contributed by atoms with E-state index in [2.05, 4.69) is 6.92 Å². The second kappa shape index (κ2) is 10.1. The zero-order valence-corrected chi connectivity index (χ0v) is 16.8. The fraction of sp³-hybridized carbons (Fsp3) is 0.478. The number of ether oxygens (including phenoxy) is 3. The van der Waals surface area contributed by atoms with Gasteiger partial charge in [-0.2, -0.15) is 4.39 Å². The third-order valence-corrected chi connectivity index (χ3v) is 5.31. The van der Waals surface area contributed by atoms with E-state index in [0.29, 0.717) is 13.2 Å². The average molecular weight is 408 g/mol. The van der Waals surface area contributed by atoms with Gasteiger partial charge in [0.1, 0.15) is 5.82 Å². The zero-order valence-electron chi connectivity index (χ0n) is 16.8. The molecule has 6 heteroatoms. The van der Waals surface area contributed by atoms with Crippen LogP contribution in [0.1, 0.15) is 50.5 Å². The van der Waals surface area contributed by atoms with Gasteiger partial charge in [-0.3, -0.25) is 0 Å². The molecule has 2 unspecified atom stereocenters. The van der Waals surface area contributed by atoms with Crippen LogP contribution in [0.25, 0.3) is 11.1 Å². The number of methoxy groups -OCH3 is 1. The number of rotatable bonds is 8. The summed E-state index contributed by atoms with van der Waals surface area (Å²) in [7, 11) is 1.25. The summed E-state index contributed by atoms with van der Waals surface area (Å²) in [6.07, 6.45) is 4.67. The Hall–Kier alpha value is -2.05. The molecule has 1 saturated heterocycles. The Morgan fingerprint density at radius 2 is 1.79 bits per heavy atom. The van der Waals surface area contributed by atoms with E-state index in [-0.39, 0.29) is 29.1 Å². The van der Waals surface area contributed by atoms with Gasteiger partial charge in [0.05, 0.1) is 13.7 Å². The fourth-order valence-corrected chi connectivity index (χ4v) is 3.59. The summed E-state index contributed by atoms with van der Waals surface area (Å²) in [5, 5.41) is 0. The minimum atomic E-state index is -1.13. The Kier molecular flexibility index (Phi) is 7.56. The zero-order chi connectivity index (χ0) is 20.8. The number of hydrogen-bond donors (Lipinski definition) is 0. The molecular weight excluding hydrogens is 381 g/mol. The Balaban J connectivity index is 1.66. The molecule has 3 rings (SSSR count). The standard InChI is InChI=1S/C23H27F3O3/c1-3-4-5-12-28-21-11-7-16(14-29-21)15-6-8-17(19(24)13-15)18-9-10-20(27-2)23(26)22(18)25/h6,8-10,13,16,21H,3-5,7,11-12,14H2,1-2H3. The topological polar surface area (TPSA) is 27.7 Å². The Bertz CT molecular complexity index is 817. The normalized spacial score (nSPS) is 19.3. The van der Waals surface area contributed by atoms with Crippen LogP contribution in [0.3, 0.4) is 0 Å². The van der Waals surface area contributed by atoms with Crippen LogP contribution in [0.5, 0.6) is 5.75 Å². The van der Waals surface area contributed by atoms with E-state index in [0.717, 1.165) is 37.7 Å². The van der Waals surface area contributed by atoms with Crippen molar-refractivity contribution in [2.24, 2.45) is 0 Å². The van der Waals surface area contributed by atoms with Crippen LogP contribution < -0.4 is 4.74 Å². The van der Waals surface area contributed by atoms with Crippen molar-refractivity contribution in [3.05, 3.63) is 53.3 Å². The molecule has 158 valence electrons. The van der Waals surface area contributed by atoms with E-state index in [4.69, 9.17) is 14.2 Å². The van der Waals surface area contributed by atoms with Crippen molar-refractivity contribution in [3.8, 4) is 16.9 Å². The number of unbranched alkanes of at least 4 members (excludes halogenated alkanes) is 2. The van der Waals surface area contributed by atoms with Crippen LogP contribution >= 0.6 is 0 Å². The number of halogens is 3. The Labute approximate surface area is 169 Å². The molecule has 0 N–H and O–H groups in total. The summed E-state index contributed by atoms with van der Waals surface area (Å²) in [5.74, 6) is -3.01. The van der Waals surface area contributed by atoms with Crippen molar-refractivity contribution in [1.29, 1.82) is 0 Å². The van der Waals surface area contributed by atoms with E-state index in [9.17, 15) is 13.2 Å². The van der Waals surface area contributed by atoms with Crippen LogP contribution in [0.15, 0.2) is 30.3 Å². The predicted octanol–water partition coefficient (Wildman–Crippen LogP) is 6.21. The monoisotopic (exact) mass is 408 g/mol. The molecule has 29 heavy (non-hydrogen) atoms. The van der Waals surface area contributed by atoms with Crippen LogP contribution in [0.2, 0.25) is 0 Å². The minimum Gasteiger partial charge on any atom is -0.494 e. The lowest BCUT2D eigenvalue weighted by atomic mass is 9.91. The maximum Gasteiger partial charge on any atom is 0.201 e. The van der Waals surface area contributed by atoms with Gasteiger partial charge in [-0.1, -0.05) is 31.9 Å². The SMILES string of the molecule is CCCCCOC1CCC(c2ccc(-c3ccc(OC)c(F)c3F)c(F)c2)CO1. The molecule has 1 fully saturated rings. The summed E-state index contributed by atoms with van der Waals surface area (Å²) < 4.78 is 59.2. The Morgan fingerprint density at radius 1 is 1.00 bits per heavy atom. The Morgan fingerprint density at radius 3 is 2.45 bits per heavy atom. The second-order valence-electron chi connectivity index (χ2n) is 7.30. The van der Waals surface area contributed by atoms with Gasteiger partial charge < -0.3 is 14.2 Å². The van der Waals surface area contributed by atoms with Gasteiger partial charge in [0.2, 0.25) is 5.82 Å². The highest BCUT2D eigenvalue weighted by Gasteiger charge is 2.25. The van der Waals surface area contributed by atoms with Gasteiger partial charge in [0.15, 0.2) is 17.9 Å². The molecule has 0 bridgehead atoms. The molecule has 0 saturated carbocycles. The van der Waals surface area contributed by atoms with Crippen LogP contribution in [0.4, 0.5) is 13.2 Å². The summed E-state index contributed by atoms with van der Waals surface area (Å²) >= 11 is 0. The van der Waals surface area contributed by atoms with Crippen LogP contribution in [-0.4, -0.2) is 26.6 Å².